The van der Waals surface area contributed by atoms with Crippen LogP contribution in [-0.2, 0) is 4.79 Å². The topological polar surface area (TPSA) is 40.5 Å². The predicted octanol–water partition coefficient (Wildman–Crippen LogP) is 2.50. The molecule has 0 radical (unpaired) electrons. The van der Waals surface area contributed by atoms with Gasteiger partial charge in [-0.25, -0.2) is 0 Å². The van der Waals surface area contributed by atoms with Crippen molar-refractivity contribution in [2.45, 2.75) is 38.8 Å². The number of carbonyl (C=O) groups is 1. The van der Waals surface area contributed by atoms with Crippen LogP contribution in [0.1, 0.15) is 38.4 Å². The van der Waals surface area contributed by atoms with E-state index in [1.165, 1.54) is 12.8 Å². The van der Waals surface area contributed by atoms with Crippen LogP contribution in [0.15, 0.2) is 24.3 Å². The highest BCUT2D eigenvalue weighted by atomic mass is 16.3. The van der Waals surface area contributed by atoms with E-state index in [1.807, 2.05) is 29.2 Å². The number of aliphatic hydroxyl groups is 1. The molecule has 1 amide bonds. The normalized spacial score (nSPS) is 31.1. The zero-order valence-corrected chi connectivity index (χ0v) is 10.8. The predicted molar refractivity (Wildman–Crippen MR) is 70.2 cm³/mol. The molecule has 2 aliphatic rings. The number of aliphatic hydroxyl groups excluding tert-OH is 1. The lowest BCUT2D eigenvalue weighted by Crippen LogP contribution is -2.49. The lowest BCUT2D eigenvalue weighted by atomic mass is 9.82. The van der Waals surface area contributed by atoms with Crippen LogP contribution in [0.25, 0.3) is 0 Å². The number of fused-ring (bicyclic) bond motifs is 1. The van der Waals surface area contributed by atoms with Gasteiger partial charge in [0.2, 0.25) is 5.91 Å². The summed E-state index contributed by atoms with van der Waals surface area (Å²) in [5.41, 5.74) is 1.78. The Bertz CT molecular complexity index is 481. The maximum atomic E-state index is 12.0. The summed E-state index contributed by atoms with van der Waals surface area (Å²) in [6.07, 6.45) is 1.89. The average molecular weight is 245 g/mol. The Morgan fingerprint density at radius 2 is 2.00 bits per heavy atom. The second-order valence-corrected chi connectivity index (χ2v) is 5.58. The van der Waals surface area contributed by atoms with Crippen molar-refractivity contribution in [1.82, 2.24) is 0 Å². The molecule has 0 spiro atoms. The third kappa shape index (κ3) is 1.65. The van der Waals surface area contributed by atoms with Crippen LogP contribution in [0.4, 0.5) is 5.69 Å². The zero-order chi connectivity index (χ0) is 12.9. The number of hydrogen-bond donors (Lipinski definition) is 1. The molecule has 3 heteroatoms. The third-order valence-corrected chi connectivity index (χ3v) is 4.29. The van der Waals surface area contributed by atoms with Gasteiger partial charge in [-0.1, -0.05) is 25.1 Å². The highest BCUT2D eigenvalue weighted by Crippen LogP contribution is 2.48. The fourth-order valence-electron chi connectivity index (χ4n) is 3.28. The van der Waals surface area contributed by atoms with Crippen LogP contribution in [0.3, 0.4) is 0 Å². The third-order valence-electron chi connectivity index (χ3n) is 4.29. The van der Waals surface area contributed by atoms with Gasteiger partial charge < -0.3 is 10.0 Å². The van der Waals surface area contributed by atoms with Gasteiger partial charge in [-0.2, -0.15) is 0 Å². The first kappa shape index (κ1) is 11.7. The van der Waals surface area contributed by atoms with Crippen molar-refractivity contribution in [2.75, 3.05) is 4.90 Å². The van der Waals surface area contributed by atoms with Crippen molar-refractivity contribution in [1.29, 1.82) is 0 Å². The van der Waals surface area contributed by atoms with Crippen molar-refractivity contribution in [3.05, 3.63) is 29.8 Å². The molecule has 3 atom stereocenters. The molecule has 1 aromatic rings. The van der Waals surface area contributed by atoms with Gasteiger partial charge in [0.25, 0.3) is 0 Å². The highest BCUT2D eigenvalue weighted by Gasteiger charge is 2.46. The number of nitrogens with zero attached hydrogens (tertiary/aromatic N) is 1. The molecule has 1 fully saturated rings. The monoisotopic (exact) mass is 245 g/mol. The Hall–Kier alpha value is -1.35. The molecule has 1 unspecified atom stereocenters. The molecule has 1 aromatic carbocycles. The summed E-state index contributed by atoms with van der Waals surface area (Å²) in [7, 11) is 0. The quantitative estimate of drug-likeness (QED) is 0.825. The van der Waals surface area contributed by atoms with Crippen molar-refractivity contribution < 1.29 is 9.90 Å². The SMILES string of the molecule is CC(=O)N1c2ccccc2[C@@H](O)[C@@H](C)C1C1CC1. The molecule has 1 aliphatic heterocycles. The lowest BCUT2D eigenvalue weighted by molar-refractivity contribution is -0.117. The summed E-state index contributed by atoms with van der Waals surface area (Å²) >= 11 is 0. The van der Waals surface area contributed by atoms with Gasteiger partial charge in [0, 0.05) is 30.1 Å². The van der Waals surface area contributed by atoms with E-state index in [0.29, 0.717) is 5.92 Å². The van der Waals surface area contributed by atoms with E-state index in [9.17, 15) is 9.90 Å². The summed E-state index contributed by atoms with van der Waals surface area (Å²) in [6, 6.07) is 7.88. The maximum absolute atomic E-state index is 12.0. The van der Waals surface area contributed by atoms with Crippen molar-refractivity contribution in [2.24, 2.45) is 11.8 Å². The molecule has 0 aromatic heterocycles. The molecule has 96 valence electrons. The van der Waals surface area contributed by atoms with Gasteiger partial charge in [0.15, 0.2) is 0 Å². The Labute approximate surface area is 107 Å². The number of para-hydroxylation sites is 1. The molecule has 3 nitrogen and oxygen atoms in total. The number of amides is 1. The maximum Gasteiger partial charge on any atom is 0.224 e. The standard InChI is InChI=1S/C15H19NO2/c1-9-14(11-7-8-11)16(10(2)17)13-6-4-3-5-12(13)15(9)18/h3-6,9,11,14-15,18H,7-8H2,1-2H3/t9-,14?,15-/m0/s1. The van der Waals surface area contributed by atoms with Crippen LogP contribution in [0.2, 0.25) is 0 Å². The molecule has 1 aliphatic carbocycles. The smallest absolute Gasteiger partial charge is 0.224 e. The summed E-state index contributed by atoms with van der Waals surface area (Å²) < 4.78 is 0. The van der Waals surface area contributed by atoms with E-state index < -0.39 is 6.10 Å². The Morgan fingerprint density at radius 1 is 1.33 bits per heavy atom. The summed E-state index contributed by atoms with van der Waals surface area (Å²) in [6.45, 7) is 3.68. The van der Waals surface area contributed by atoms with Gasteiger partial charge in [-0.3, -0.25) is 4.79 Å². The van der Waals surface area contributed by atoms with Crippen LogP contribution in [0.5, 0.6) is 0 Å². The van der Waals surface area contributed by atoms with Crippen LogP contribution in [-0.4, -0.2) is 17.1 Å². The second kappa shape index (κ2) is 4.09. The molecule has 1 N–H and O–H groups in total. The fourth-order valence-corrected chi connectivity index (χ4v) is 3.28. The van der Waals surface area contributed by atoms with Crippen LogP contribution >= 0.6 is 0 Å². The molecule has 1 saturated carbocycles. The largest absolute Gasteiger partial charge is 0.388 e. The minimum absolute atomic E-state index is 0.0816. The fraction of sp³-hybridized carbons (Fsp3) is 0.533. The molecule has 3 rings (SSSR count). The van der Waals surface area contributed by atoms with Crippen molar-refractivity contribution in [3.8, 4) is 0 Å². The Kier molecular flexibility index (Phi) is 2.67. The number of rotatable bonds is 1. The molecular formula is C15H19NO2. The summed E-state index contributed by atoms with van der Waals surface area (Å²) in [4.78, 5) is 13.9. The van der Waals surface area contributed by atoms with Gasteiger partial charge >= 0.3 is 0 Å². The van der Waals surface area contributed by atoms with Gasteiger partial charge in [-0.15, -0.1) is 0 Å². The van der Waals surface area contributed by atoms with Gasteiger partial charge in [-0.05, 0) is 24.8 Å². The van der Waals surface area contributed by atoms with Gasteiger partial charge in [0.1, 0.15) is 0 Å². The first-order valence-corrected chi connectivity index (χ1v) is 6.68. The summed E-state index contributed by atoms with van der Waals surface area (Å²) in [5.74, 6) is 0.751. The van der Waals surface area contributed by atoms with Crippen LogP contribution in [0, 0.1) is 11.8 Å². The number of anilines is 1. The zero-order valence-electron chi connectivity index (χ0n) is 10.8. The summed E-state index contributed by atoms with van der Waals surface area (Å²) in [5, 5.41) is 10.4. The Morgan fingerprint density at radius 3 is 2.61 bits per heavy atom. The second-order valence-electron chi connectivity index (χ2n) is 5.58. The lowest BCUT2D eigenvalue weighted by Gasteiger charge is -2.43. The number of benzene rings is 1. The molecular weight excluding hydrogens is 226 g/mol. The van der Waals surface area contributed by atoms with Gasteiger partial charge in [0.05, 0.1) is 6.10 Å². The first-order chi connectivity index (χ1) is 8.61. The van der Waals surface area contributed by atoms with E-state index in [0.717, 1.165) is 11.3 Å². The molecule has 1 heterocycles. The van der Waals surface area contributed by atoms with E-state index >= 15 is 0 Å². The van der Waals surface area contributed by atoms with Crippen molar-refractivity contribution >= 4 is 11.6 Å². The molecule has 0 saturated heterocycles. The van der Waals surface area contributed by atoms with Crippen LogP contribution < -0.4 is 4.90 Å². The molecule has 0 bridgehead atoms. The number of hydrogen-bond acceptors (Lipinski definition) is 2. The van der Waals surface area contributed by atoms with E-state index in [-0.39, 0.29) is 17.9 Å². The van der Waals surface area contributed by atoms with E-state index in [1.54, 1.807) is 6.92 Å². The molecule has 18 heavy (non-hydrogen) atoms. The Balaban J connectivity index is 2.11. The first-order valence-electron chi connectivity index (χ1n) is 6.68. The van der Waals surface area contributed by atoms with E-state index in [4.69, 9.17) is 0 Å². The highest BCUT2D eigenvalue weighted by molar-refractivity contribution is 5.93. The average Bonchev–Trinajstić information content (AvgIpc) is 3.17. The minimum Gasteiger partial charge on any atom is -0.388 e. The number of carbonyl (C=O) groups excluding carboxylic acids is 1. The minimum atomic E-state index is -0.456. The van der Waals surface area contributed by atoms with Crippen molar-refractivity contribution in [3.63, 3.8) is 0 Å². The van der Waals surface area contributed by atoms with E-state index in [2.05, 4.69) is 6.92 Å².